The summed E-state index contributed by atoms with van der Waals surface area (Å²) < 4.78 is 7.44. The van der Waals surface area contributed by atoms with Crippen LogP contribution in [0.15, 0.2) is 64.4 Å². The Labute approximate surface area is 189 Å². The molecule has 2 heterocycles. The maximum Gasteiger partial charge on any atom is 0.333 e. The average molecular weight is 445 g/mol. The van der Waals surface area contributed by atoms with Gasteiger partial charge < -0.3 is 10.1 Å². The predicted molar refractivity (Wildman–Crippen MR) is 125 cm³/mol. The number of aromatic nitrogens is 4. The number of carbonyl (C=O) groups is 1. The highest BCUT2D eigenvalue weighted by molar-refractivity contribution is 5.91. The molecule has 168 valence electrons. The molecule has 0 aliphatic rings. The predicted octanol–water partition coefficient (Wildman–Crippen LogP) is 2.27. The molecule has 0 unspecified atom stereocenters. The Morgan fingerprint density at radius 2 is 1.79 bits per heavy atom. The summed E-state index contributed by atoms with van der Waals surface area (Å²) in [5.41, 5.74) is 2.31. The van der Waals surface area contributed by atoms with Gasteiger partial charge in [0.1, 0.15) is 12.3 Å². The number of hydrogen-bond acceptors (Lipinski definition) is 6. The van der Waals surface area contributed by atoms with Crippen molar-refractivity contribution >= 4 is 22.8 Å². The molecule has 4 rings (SSSR count). The summed E-state index contributed by atoms with van der Waals surface area (Å²) in [6.45, 7) is 3.61. The van der Waals surface area contributed by atoms with Gasteiger partial charge in [-0.2, -0.15) is 0 Å². The number of benzene rings is 2. The number of carbonyl (C=O) groups excluding carboxylic acids is 1. The van der Waals surface area contributed by atoms with Crippen LogP contribution >= 0.6 is 0 Å². The Morgan fingerprint density at radius 3 is 2.55 bits per heavy atom. The molecule has 0 spiro atoms. The number of nitrogens with zero attached hydrogens (tertiary/aromatic N) is 4. The van der Waals surface area contributed by atoms with Gasteiger partial charge in [0, 0.05) is 18.1 Å². The smallest absolute Gasteiger partial charge is 0.333 e. The zero-order chi connectivity index (χ0) is 23.5. The van der Waals surface area contributed by atoms with Crippen LogP contribution in [0.1, 0.15) is 16.7 Å². The maximum absolute atomic E-state index is 13.3. The fourth-order valence-electron chi connectivity index (χ4n) is 3.53. The summed E-state index contributed by atoms with van der Waals surface area (Å²) in [6.07, 6.45) is 2.76. The number of amides is 1. The van der Waals surface area contributed by atoms with Crippen LogP contribution in [-0.2, 0) is 17.9 Å². The van der Waals surface area contributed by atoms with E-state index in [1.165, 1.54) is 24.1 Å². The third-order valence-corrected chi connectivity index (χ3v) is 5.41. The Hall–Kier alpha value is -4.27. The Morgan fingerprint density at radius 1 is 1.00 bits per heavy atom. The normalized spacial score (nSPS) is 10.9. The van der Waals surface area contributed by atoms with E-state index in [1.807, 2.05) is 26.0 Å². The van der Waals surface area contributed by atoms with Gasteiger partial charge in [-0.15, -0.1) is 0 Å². The minimum atomic E-state index is -0.647. The largest absolute Gasteiger partial charge is 0.497 e. The van der Waals surface area contributed by atoms with Crippen molar-refractivity contribution in [2.45, 2.75) is 26.9 Å². The van der Waals surface area contributed by atoms with E-state index in [9.17, 15) is 14.4 Å². The molecule has 0 aliphatic carbocycles. The van der Waals surface area contributed by atoms with Crippen LogP contribution in [0.2, 0.25) is 0 Å². The lowest BCUT2D eigenvalue weighted by Crippen LogP contribution is -2.42. The van der Waals surface area contributed by atoms with E-state index >= 15 is 0 Å². The highest BCUT2D eigenvalue weighted by atomic mass is 16.5. The summed E-state index contributed by atoms with van der Waals surface area (Å²) in [7, 11) is 1.54. The van der Waals surface area contributed by atoms with E-state index in [2.05, 4.69) is 15.3 Å². The lowest BCUT2D eigenvalue weighted by molar-refractivity contribution is -0.116. The van der Waals surface area contributed by atoms with Gasteiger partial charge >= 0.3 is 5.69 Å². The van der Waals surface area contributed by atoms with Crippen molar-refractivity contribution in [3.8, 4) is 5.75 Å². The first-order valence-electron chi connectivity index (χ1n) is 10.3. The van der Waals surface area contributed by atoms with Gasteiger partial charge in [0.25, 0.3) is 5.56 Å². The quantitative estimate of drug-likeness (QED) is 0.488. The monoisotopic (exact) mass is 445 g/mol. The summed E-state index contributed by atoms with van der Waals surface area (Å²) in [5, 5.41) is 2.80. The Balaban J connectivity index is 1.74. The molecule has 0 radical (unpaired) electrons. The van der Waals surface area contributed by atoms with Crippen molar-refractivity contribution in [2.24, 2.45) is 0 Å². The van der Waals surface area contributed by atoms with E-state index in [0.29, 0.717) is 17.0 Å². The Kier molecular flexibility index (Phi) is 6.03. The topological polar surface area (TPSA) is 108 Å². The molecule has 0 saturated carbocycles. The second-order valence-electron chi connectivity index (χ2n) is 7.69. The second kappa shape index (κ2) is 9.07. The van der Waals surface area contributed by atoms with Crippen molar-refractivity contribution in [3.63, 3.8) is 0 Å². The highest BCUT2D eigenvalue weighted by Gasteiger charge is 2.18. The van der Waals surface area contributed by atoms with Crippen molar-refractivity contribution in [3.05, 3.63) is 92.4 Å². The van der Waals surface area contributed by atoms with Crippen LogP contribution in [-0.4, -0.2) is 32.1 Å². The van der Waals surface area contributed by atoms with E-state index < -0.39 is 17.2 Å². The fourth-order valence-corrected chi connectivity index (χ4v) is 3.53. The molecule has 0 aliphatic heterocycles. The molecular formula is C24H23N5O4. The average Bonchev–Trinajstić information content (AvgIpc) is 2.82. The molecule has 33 heavy (non-hydrogen) atoms. The number of anilines is 1. The lowest BCUT2D eigenvalue weighted by atomic mass is 10.1. The molecule has 1 N–H and O–H groups in total. The van der Waals surface area contributed by atoms with Gasteiger partial charge in [-0.3, -0.25) is 18.7 Å². The van der Waals surface area contributed by atoms with Crippen LogP contribution in [0, 0.1) is 13.8 Å². The number of fused-ring (bicyclic) bond motifs is 1. The number of ether oxygens (including phenoxy) is 1. The first-order chi connectivity index (χ1) is 15.9. The molecule has 9 nitrogen and oxygen atoms in total. The standard InChI is InChI=1S/C24H23N5O4/c1-15-7-8-18(11-16(15)2)27-20(30)14-28-22-21(25-9-10-26-22)23(31)29(24(28)32)13-17-5-4-6-19(12-17)33-3/h4-12H,13-14H2,1-3H3,(H,27,30). The zero-order valence-corrected chi connectivity index (χ0v) is 18.5. The van der Waals surface area contributed by atoms with Crippen molar-refractivity contribution in [1.82, 2.24) is 19.1 Å². The third kappa shape index (κ3) is 4.52. The summed E-state index contributed by atoms with van der Waals surface area (Å²) >= 11 is 0. The maximum atomic E-state index is 13.3. The zero-order valence-electron chi connectivity index (χ0n) is 18.5. The molecule has 0 atom stereocenters. The van der Waals surface area contributed by atoms with Gasteiger partial charge in [0.15, 0.2) is 11.2 Å². The molecule has 1 amide bonds. The van der Waals surface area contributed by atoms with E-state index in [-0.39, 0.29) is 24.3 Å². The highest BCUT2D eigenvalue weighted by Crippen LogP contribution is 2.15. The molecule has 4 aromatic rings. The van der Waals surface area contributed by atoms with Gasteiger partial charge in [0.2, 0.25) is 5.91 Å². The van der Waals surface area contributed by atoms with Gasteiger partial charge in [-0.25, -0.2) is 14.8 Å². The molecule has 2 aromatic carbocycles. The molecule has 0 bridgehead atoms. The number of hydrogen-bond donors (Lipinski definition) is 1. The van der Waals surface area contributed by atoms with Crippen LogP contribution in [0.3, 0.4) is 0 Å². The Bertz CT molecular complexity index is 1470. The van der Waals surface area contributed by atoms with Crippen LogP contribution in [0.5, 0.6) is 5.75 Å². The van der Waals surface area contributed by atoms with Crippen molar-refractivity contribution in [1.29, 1.82) is 0 Å². The van der Waals surface area contributed by atoms with E-state index in [4.69, 9.17) is 4.74 Å². The van der Waals surface area contributed by atoms with Crippen molar-refractivity contribution < 1.29 is 9.53 Å². The van der Waals surface area contributed by atoms with E-state index in [0.717, 1.165) is 15.7 Å². The first-order valence-corrected chi connectivity index (χ1v) is 10.3. The van der Waals surface area contributed by atoms with Crippen LogP contribution < -0.4 is 21.3 Å². The minimum absolute atomic E-state index is 0.000156. The first kappa shape index (κ1) is 21.9. The van der Waals surface area contributed by atoms with Crippen molar-refractivity contribution in [2.75, 3.05) is 12.4 Å². The second-order valence-corrected chi connectivity index (χ2v) is 7.69. The fraction of sp³-hybridized carbons (Fsp3) is 0.208. The van der Waals surface area contributed by atoms with Gasteiger partial charge in [0.05, 0.1) is 13.7 Å². The molecular weight excluding hydrogens is 422 g/mol. The lowest BCUT2D eigenvalue weighted by Gasteiger charge is -2.14. The summed E-state index contributed by atoms with van der Waals surface area (Å²) in [6, 6.07) is 12.6. The number of nitrogens with one attached hydrogen (secondary N) is 1. The minimum Gasteiger partial charge on any atom is -0.497 e. The summed E-state index contributed by atoms with van der Waals surface area (Å²) in [5.74, 6) is 0.188. The number of rotatable bonds is 6. The van der Waals surface area contributed by atoms with Crippen LogP contribution in [0.25, 0.3) is 11.2 Å². The van der Waals surface area contributed by atoms with E-state index in [1.54, 1.807) is 30.3 Å². The number of methoxy groups -OCH3 is 1. The number of aryl methyl sites for hydroxylation is 2. The molecule has 2 aromatic heterocycles. The van der Waals surface area contributed by atoms with Gasteiger partial charge in [-0.05, 0) is 54.8 Å². The van der Waals surface area contributed by atoms with Gasteiger partial charge in [-0.1, -0.05) is 18.2 Å². The SMILES string of the molecule is COc1cccc(Cn2c(=O)c3nccnc3n(CC(=O)Nc3ccc(C)c(C)c3)c2=O)c1. The molecule has 0 saturated heterocycles. The molecule has 0 fully saturated rings. The summed E-state index contributed by atoms with van der Waals surface area (Å²) in [4.78, 5) is 47.4. The third-order valence-electron chi connectivity index (χ3n) is 5.41. The molecule has 9 heteroatoms. The van der Waals surface area contributed by atoms with Crippen LogP contribution in [0.4, 0.5) is 5.69 Å².